The van der Waals surface area contributed by atoms with Crippen molar-refractivity contribution in [2.45, 2.75) is 31.9 Å². The number of rotatable bonds is 5. The van der Waals surface area contributed by atoms with E-state index in [9.17, 15) is 9.90 Å². The average Bonchev–Trinajstić information content (AvgIpc) is 2.72. The normalized spacial score (nSPS) is 24.0. The first-order valence-corrected chi connectivity index (χ1v) is 9.96. The first kappa shape index (κ1) is 19.9. The molecule has 0 saturated carbocycles. The monoisotopic (exact) mass is 407 g/mol. The molecule has 2 aromatic carbocycles. The number of fused-ring (bicyclic) bond motifs is 4. The molecule has 6 heteroatoms. The van der Waals surface area contributed by atoms with Gasteiger partial charge in [0.2, 0.25) is 0 Å². The lowest BCUT2D eigenvalue weighted by atomic mass is 9.78. The minimum absolute atomic E-state index is 0.0656. The molecule has 1 saturated heterocycles. The molecule has 0 aromatic heterocycles. The van der Waals surface area contributed by atoms with Gasteiger partial charge >= 0.3 is 0 Å². The van der Waals surface area contributed by atoms with E-state index in [1.54, 1.807) is 19.3 Å². The molecule has 2 bridgehead atoms. The van der Waals surface area contributed by atoms with Gasteiger partial charge in [0, 0.05) is 17.9 Å². The Hall–Kier alpha value is -3.41. The molecule has 2 unspecified atom stereocenters. The van der Waals surface area contributed by atoms with E-state index in [0.29, 0.717) is 30.1 Å². The van der Waals surface area contributed by atoms with Crippen molar-refractivity contribution in [2.24, 2.45) is 0 Å². The Morgan fingerprint density at radius 1 is 1.30 bits per heavy atom. The van der Waals surface area contributed by atoms with Gasteiger partial charge in [0.25, 0.3) is 5.91 Å². The highest BCUT2D eigenvalue weighted by Gasteiger charge is 2.47. The molecule has 0 aliphatic carbocycles. The lowest BCUT2D eigenvalue weighted by Crippen LogP contribution is -2.58. The van der Waals surface area contributed by atoms with Gasteiger partial charge in [-0.25, -0.2) is 0 Å². The number of aliphatic hydroxyl groups is 1. The zero-order chi connectivity index (χ0) is 21.3. The van der Waals surface area contributed by atoms with Crippen molar-refractivity contribution in [2.75, 3.05) is 13.7 Å². The summed E-state index contributed by atoms with van der Waals surface area (Å²) in [6.07, 6.45) is 3.84. The molecule has 0 radical (unpaired) electrons. The van der Waals surface area contributed by atoms with Crippen LogP contribution in [0, 0.1) is 0 Å². The van der Waals surface area contributed by atoms with E-state index in [0.717, 1.165) is 16.9 Å². The fourth-order valence-corrected chi connectivity index (χ4v) is 4.07. The number of aliphatic hydroxyl groups excluding tert-OH is 1. The van der Waals surface area contributed by atoms with E-state index in [-0.39, 0.29) is 17.6 Å². The predicted molar refractivity (Wildman–Crippen MR) is 114 cm³/mol. The van der Waals surface area contributed by atoms with Crippen LogP contribution in [-0.2, 0) is 4.79 Å². The summed E-state index contributed by atoms with van der Waals surface area (Å²) < 4.78 is 16.9. The molecule has 2 aromatic rings. The predicted octanol–water partition coefficient (Wildman–Crippen LogP) is 4.33. The second-order valence-corrected chi connectivity index (χ2v) is 7.56. The summed E-state index contributed by atoms with van der Waals surface area (Å²) in [5.74, 6) is 1.36. The molecule has 0 spiro atoms. The molecule has 156 valence electrons. The lowest BCUT2D eigenvalue weighted by Gasteiger charge is -2.45. The topological polar surface area (TPSA) is 77.0 Å². The van der Waals surface area contributed by atoms with Crippen molar-refractivity contribution in [3.05, 3.63) is 71.0 Å². The zero-order valence-corrected chi connectivity index (χ0v) is 17.3. The van der Waals surface area contributed by atoms with Crippen LogP contribution in [0.5, 0.6) is 17.2 Å². The summed E-state index contributed by atoms with van der Waals surface area (Å²) in [6, 6.07) is 13.1. The number of piperidine rings is 1. The number of methoxy groups -OCH3 is 1. The SMILES string of the molecule is CCOc1ccc(C=CC(O)=C2C(=O)NC3(C)CC2c2ccccc2O3)cc1OC. The fourth-order valence-electron chi connectivity index (χ4n) is 4.07. The number of ether oxygens (including phenoxy) is 3. The summed E-state index contributed by atoms with van der Waals surface area (Å²) in [7, 11) is 1.58. The summed E-state index contributed by atoms with van der Waals surface area (Å²) in [5.41, 5.74) is 1.28. The molecule has 2 heterocycles. The van der Waals surface area contributed by atoms with Crippen LogP contribution in [0.25, 0.3) is 6.08 Å². The molecular formula is C24H25NO5. The second kappa shape index (κ2) is 7.78. The molecule has 2 aliphatic heterocycles. The van der Waals surface area contributed by atoms with E-state index < -0.39 is 5.72 Å². The highest BCUT2D eigenvalue weighted by atomic mass is 16.5. The van der Waals surface area contributed by atoms with Crippen molar-refractivity contribution < 1.29 is 24.1 Å². The Kier molecular flexibility index (Phi) is 5.16. The second-order valence-electron chi connectivity index (χ2n) is 7.56. The minimum Gasteiger partial charge on any atom is -0.507 e. The van der Waals surface area contributed by atoms with Crippen LogP contribution in [0.3, 0.4) is 0 Å². The summed E-state index contributed by atoms with van der Waals surface area (Å²) >= 11 is 0. The largest absolute Gasteiger partial charge is 0.507 e. The van der Waals surface area contributed by atoms with Crippen LogP contribution >= 0.6 is 0 Å². The van der Waals surface area contributed by atoms with Gasteiger partial charge in [-0.05, 0) is 43.7 Å². The van der Waals surface area contributed by atoms with Crippen LogP contribution in [0.1, 0.15) is 37.3 Å². The number of carbonyl (C=O) groups is 1. The van der Waals surface area contributed by atoms with Gasteiger partial charge in [-0.1, -0.05) is 30.3 Å². The Labute approximate surface area is 175 Å². The minimum atomic E-state index is -0.786. The Morgan fingerprint density at radius 2 is 2.10 bits per heavy atom. The summed E-state index contributed by atoms with van der Waals surface area (Å²) in [4.78, 5) is 12.8. The van der Waals surface area contributed by atoms with Gasteiger partial charge in [-0.2, -0.15) is 0 Å². The van der Waals surface area contributed by atoms with E-state index in [1.165, 1.54) is 0 Å². The van der Waals surface area contributed by atoms with Gasteiger partial charge < -0.3 is 24.6 Å². The molecule has 6 nitrogen and oxygen atoms in total. The van der Waals surface area contributed by atoms with Gasteiger partial charge in [0.1, 0.15) is 11.5 Å². The Balaban J connectivity index is 1.68. The highest BCUT2D eigenvalue weighted by Crippen LogP contribution is 2.47. The molecule has 1 amide bonds. The quantitative estimate of drug-likeness (QED) is 0.570. The van der Waals surface area contributed by atoms with Crippen LogP contribution in [-0.4, -0.2) is 30.5 Å². The summed E-state index contributed by atoms with van der Waals surface area (Å²) in [6.45, 7) is 4.30. The molecule has 30 heavy (non-hydrogen) atoms. The standard InChI is InChI=1S/C24H25NO5/c1-4-29-20-12-10-15(13-21(20)28-3)9-11-18(26)22-17-14-24(2,25-23(22)27)30-19-8-6-5-7-16(17)19/h5-13,17,26H,4,14H2,1-3H3,(H,25,27). The molecule has 1 fully saturated rings. The number of amides is 1. The highest BCUT2D eigenvalue weighted by molar-refractivity contribution is 5.98. The first-order valence-electron chi connectivity index (χ1n) is 9.96. The van der Waals surface area contributed by atoms with Crippen molar-refractivity contribution in [1.82, 2.24) is 5.32 Å². The maximum atomic E-state index is 12.8. The van der Waals surface area contributed by atoms with Gasteiger partial charge in [-0.3, -0.25) is 4.79 Å². The van der Waals surface area contributed by atoms with E-state index in [1.807, 2.05) is 56.3 Å². The molecule has 2 atom stereocenters. The van der Waals surface area contributed by atoms with E-state index in [2.05, 4.69) is 5.32 Å². The molecular weight excluding hydrogens is 382 g/mol. The van der Waals surface area contributed by atoms with E-state index in [4.69, 9.17) is 14.2 Å². The van der Waals surface area contributed by atoms with Crippen molar-refractivity contribution in [3.63, 3.8) is 0 Å². The van der Waals surface area contributed by atoms with E-state index >= 15 is 0 Å². The van der Waals surface area contributed by atoms with Crippen LogP contribution in [0.2, 0.25) is 0 Å². The third-order valence-electron chi connectivity index (χ3n) is 5.39. The number of carbonyl (C=O) groups excluding carboxylic acids is 1. The number of benzene rings is 2. The zero-order valence-electron chi connectivity index (χ0n) is 17.3. The fraction of sp³-hybridized carbons (Fsp3) is 0.292. The average molecular weight is 407 g/mol. The number of nitrogens with one attached hydrogen (secondary N) is 1. The maximum absolute atomic E-state index is 12.8. The van der Waals surface area contributed by atoms with Gasteiger partial charge in [-0.15, -0.1) is 0 Å². The third kappa shape index (κ3) is 3.61. The maximum Gasteiger partial charge on any atom is 0.254 e. The molecule has 2 aliphatic rings. The lowest BCUT2D eigenvalue weighted by molar-refractivity contribution is -0.127. The molecule has 2 N–H and O–H groups in total. The van der Waals surface area contributed by atoms with Crippen molar-refractivity contribution in [3.8, 4) is 17.2 Å². The van der Waals surface area contributed by atoms with Gasteiger partial charge in [0.05, 0.1) is 19.3 Å². The number of hydrogen-bond donors (Lipinski definition) is 2. The van der Waals surface area contributed by atoms with Crippen molar-refractivity contribution in [1.29, 1.82) is 0 Å². The number of hydrogen-bond acceptors (Lipinski definition) is 5. The Bertz CT molecular complexity index is 1040. The van der Waals surface area contributed by atoms with Gasteiger partial charge in [0.15, 0.2) is 17.2 Å². The Morgan fingerprint density at radius 3 is 2.87 bits per heavy atom. The third-order valence-corrected chi connectivity index (χ3v) is 5.39. The van der Waals surface area contributed by atoms with Crippen LogP contribution < -0.4 is 19.5 Å². The first-order chi connectivity index (χ1) is 14.4. The van der Waals surface area contributed by atoms with Crippen molar-refractivity contribution >= 4 is 12.0 Å². The number of allylic oxidation sites excluding steroid dienone is 1. The molecule has 4 rings (SSSR count). The smallest absolute Gasteiger partial charge is 0.254 e. The summed E-state index contributed by atoms with van der Waals surface area (Å²) in [5, 5.41) is 13.7. The van der Waals surface area contributed by atoms with Crippen LogP contribution in [0.15, 0.2) is 59.9 Å². The van der Waals surface area contributed by atoms with Crippen LogP contribution in [0.4, 0.5) is 0 Å². The number of para-hydroxylation sites is 1.